The van der Waals surface area contributed by atoms with Crippen LogP contribution in [-0.2, 0) is 16.1 Å². The van der Waals surface area contributed by atoms with Gasteiger partial charge in [0.1, 0.15) is 11.9 Å². The van der Waals surface area contributed by atoms with E-state index < -0.39 is 17.7 Å². The Kier molecular flexibility index (Phi) is 6.41. The van der Waals surface area contributed by atoms with E-state index in [4.69, 9.17) is 9.47 Å². The Morgan fingerprint density at radius 3 is 2.89 bits per heavy atom. The third-order valence-corrected chi connectivity index (χ3v) is 4.18. The van der Waals surface area contributed by atoms with E-state index in [2.05, 4.69) is 14.9 Å². The zero-order chi connectivity index (χ0) is 19.2. The van der Waals surface area contributed by atoms with Crippen molar-refractivity contribution in [2.24, 2.45) is 0 Å². The van der Waals surface area contributed by atoms with Crippen LogP contribution in [0.1, 0.15) is 25.5 Å². The molecule has 0 amide bonds. The quantitative estimate of drug-likeness (QED) is 0.739. The fourth-order valence-corrected chi connectivity index (χ4v) is 2.83. The van der Waals surface area contributed by atoms with Crippen LogP contribution in [0.15, 0.2) is 30.6 Å². The average molecular weight is 377 g/mol. The Bertz CT molecular complexity index is 786. The molecule has 1 aliphatic heterocycles. The highest BCUT2D eigenvalue weighted by molar-refractivity contribution is 5.83. The van der Waals surface area contributed by atoms with Gasteiger partial charge in [-0.1, -0.05) is 6.92 Å². The van der Waals surface area contributed by atoms with Crippen molar-refractivity contribution in [3.8, 4) is 11.6 Å². The van der Waals surface area contributed by atoms with Gasteiger partial charge in [-0.25, -0.2) is 13.8 Å². The number of nitrogens with zero attached hydrogens (tertiary/aromatic N) is 3. The molecule has 0 saturated carbocycles. The molecule has 27 heavy (non-hydrogen) atoms. The number of benzene rings is 1. The lowest BCUT2D eigenvalue weighted by atomic mass is 10.1. The normalized spacial score (nSPS) is 17.7. The summed E-state index contributed by atoms with van der Waals surface area (Å²) in [5.41, 5.74) is 0.700. The zero-order valence-electron chi connectivity index (χ0n) is 15.0. The summed E-state index contributed by atoms with van der Waals surface area (Å²) in [5, 5.41) is 0. The Hall–Kier alpha value is -2.45. The summed E-state index contributed by atoms with van der Waals surface area (Å²) < 4.78 is 37.4. The number of ether oxygens (including phenoxy) is 2. The first-order valence-corrected chi connectivity index (χ1v) is 8.85. The van der Waals surface area contributed by atoms with E-state index >= 15 is 0 Å². The summed E-state index contributed by atoms with van der Waals surface area (Å²) in [6.45, 7) is 4.22. The van der Waals surface area contributed by atoms with E-state index in [1.54, 1.807) is 0 Å². The standard InChI is InChI=1S/C19H21F2N3O3/c1-2-3-16(25)18-12-24(6-7-26-18)11-14-9-23-19(10-22-14)27-17-5-4-13(20)8-15(17)21/h4-5,8-10,18H,2-3,6-7,11-12H2,1H3/t18-/m0/s1. The molecular formula is C19H21F2N3O3. The van der Waals surface area contributed by atoms with Gasteiger partial charge in [0, 0.05) is 32.1 Å². The van der Waals surface area contributed by atoms with Crippen molar-refractivity contribution < 1.29 is 23.0 Å². The van der Waals surface area contributed by atoms with Crippen LogP contribution in [0, 0.1) is 11.6 Å². The highest BCUT2D eigenvalue weighted by Crippen LogP contribution is 2.23. The molecule has 1 aliphatic rings. The van der Waals surface area contributed by atoms with Crippen LogP contribution in [0.2, 0.25) is 0 Å². The Labute approximate surface area is 156 Å². The second kappa shape index (κ2) is 8.96. The summed E-state index contributed by atoms with van der Waals surface area (Å²) in [6, 6.07) is 3.04. The first kappa shape index (κ1) is 19.3. The SMILES string of the molecule is CCCC(=O)[C@@H]1CN(Cc2cnc(Oc3ccc(F)cc3F)cn2)CCO1. The van der Waals surface area contributed by atoms with Crippen LogP contribution in [0.4, 0.5) is 8.78 Å². The fraction of sp³-hybridized carbons (Fsp3) is 0.421. The van der Waals surface area contributed by atoms with Gasteiger partial charge in [0.05, 0.1) is 24.7 Å². The summed E-state index contributed by atoms with van der Waals surface area (Å²) in [4.78, 5) is 22.5. The molecule has 2 aromatic rings. The number of rotatable bonds is 7. The number of carbonyl (C=O) groups is 1. The van der Waals surface area contributed by atoms with Gasteiger partial charge in [-0.2, -0.15) is 0 Å². The molecule has 1 saturated heterocycles. The second-order valence-electron chi connectivity index (χ2n) is 6.33. The van der Waals surface area contributed by atoms with Gasteiger partial charge in [-0.05, 0) is 18.6 Å². The predicted octanol–water partition coefficient (Wildman–Crippen LogP) is 3.12. The number of carbonyl (C=O) groups excluding carboxylic acids is 1. The van der Waals surface area contributed by atoms with E-state index in [1.165, 1.54) is 18.5 Å². The van der Waals surface area contributed by atoms with Crippen molar-refractivity contribution in [3.63, 3.8) is 0 Å². The zero-order valence-corrected chi connectivity index (χ0v) is 15.0. The molecule has 144 valence electrons. The molecule has 0 unspecified atom stereocenters. The summed E-state index contributed by atoms with van der Waals surface area (Å²) in [6.07, 6.45) is 3.86. The predicted molar refractivity (Wildman–Crippen MR) is 93.4 cm³/mol. The third kappa shape index (κ3) is 5.27. The summed E-state index contributed by atoms with van der Waals surface area (Å²) in [7, 11) is 0. The van der Waals surface area contributed by atoms with Gasteiger partial charge in [-0.15, -0.1) is 0 Å². The van der Waals surface area contributed by atoms with Crippen molar-refractivity contribution in [1.29, 1.82) is 0 Å². The van der Waals surface area contributed by atoms with Crippen molar-refractivity contribution in [2.75, 3.05) is 19.7 Å². The van der Waals surface area contributed by atoms with Crippen LogP contribution in [0.3, 0.4) is 0 Å². The van der Waals surface area contributed by atoms with Crippen molar-refractivity contribution >= 4 is 5.78 Å². The first-order chi connectivity index (χ1) is 13.0. The molecule has 8 heteroatoms. The number of hydrogen-bond acceptors (Lipinski definition) is 6. The average Bonchev–Trinajstić information content (AvgIpc) is 2.66. The molecule has 0 aliphatic carbocycles. The number of hydrogen-bond donors (Lipinski definition) is 0. The highest BCUT2D eigenvalue weighted by atomic mass is 19.1. The number of morpholine rings is 1. The number of aromatic nitrogens is 2. The maximum Gasteiger partial charge on any atom is 0.237 e. The van der Waals surface area contributed by atoms with Crippen LogP contribution in [0.5, 0.6) is 11.6 Å². The number of Topliss-reactive ketones (excluding diaryl/α,β-unsaturated/α-hetero) is 1. The smallest absolute Gasteiger partial charge is 0.237 e. The van der Waals surface area contributed by atoms with Crippen LogP contribution >= 0.6 is 0 Å². The Morgan fingerprint density at radius 1 is 1.33 bits per heavy atom. The molecule has 0 spiro atoms. The van der Waals surface area contributed by atoms with E-state index in [1.807, 2.05) is 6.92 Å². The first-order valence-electron chi connectivity index (χ1n) is 8.85. The number of halogens is 2. The molecule has 1 aromatic heterocycles. The topological polar surface area (TPSA) is 64.6 Å². The lowest BCUT2D eigenvalue weighted by molar-refractivity contribution is -0.136. The van der Waals surface area contributed by atoms with E-state index in [0.29, 0.717) is 38.4 Å². The Balaban J connectivity index is 1.58. The molecule has 0 radical (unpaired) electrons. The summed E-state index contributed by atoms with van der Waals surface area (Å²) in [5.74, 6) is -1.37. The maximum atomic E-state index is 13.6. The minimum Gasteiger partial charge on any atom is -0.434 e. The van der Waals surface area contributed by atoms with Crippen molar-refractivity contribution in [2.45, 2.75) is 32.4 Å². The second-order valence-corrected chi connectivity index (χ2v) is 6.33. The van der Waals surface area contributed by atoms with Gasteiger partial charge in [0.25, 0.3) is 0 Å². The molecule has 1 atom stereocenters. The third-order valence-electron chi connectivity index (χ3n) is 4.18. The molecule has 6 nitrogen and oxygen atoms in total. The maximum absolute atomic E-state index is 13.6. The molecular weight excluding hydrogens is 356 g/mol. The molecule has 2 heterocycles. The fourth-order valence-electron chi connectivity index (χ4n) is 2.83. The molecule has 3 rings (SSSR count). The number of ketones is 1. The minimum atomic E-state index is -0.808. The van der Waals surface area contributed by atoms with Gasteiger partial charge in [0.2, 0.25) is 5.88 Å². The lowest BCUT2D eigenvalue weighted by Crippen LogP contribution is -2.45. The van der Waals surface area contributed by atoms with Crippen LogP contribution in [0.25, 0.3) is 0 Å². The van der Waals surface area contributed by atoms with E-state index in [0.717, 1.165) is 18.6 Å². The molecule has 0 bridgehead atoms. The highest BCUT2D eigenvalue weighted by Gasteiger charge is 2.26. The van der Waals surface area contributed by atoms with Crippen molar-refractivity contribution in [1.82, 2.24) is 14.9 Å². The molecule has 1 aromatic carbocycles. The van der Waals surface area contributed by atoms with Crippen LogP contribution in [-0.4, -0.2) is 46.5 Å². The van der Waals surface area contributed by atoms with Crippen LogP contribution < -0.4 is 4.74 Å². The Morgan fingerprint density at radius 2 is 2.19 bits per heavy atom. The van der Waals surface area contributed by atoms with Crippen molar-refractivity contribution in [3.05, 3.63) is 47.9 Å². The largest absolute Gasteiger partial charge is 0.434 e. The lowest BCUT2D eigenvalue weighted by Gasteiger charge is -2.31. The monoisotopic (exact) mass is 377 g/mol. The van der Waals surface area contributed by atoms with Gasteiger partial charge in [-0.3, -0.25) is 14.7 Å². The summed E-state index contributed by atoms with van der Waals surface area (Å²) >= 11 is 0. The van der Waals surface area contributed by atoms with Gasteiger partial charge in [0.15, 0.2) is 17.3 Å². The van der Waals surface area contributed by atoms with E-state index in [-0.39, 0.29) is 17.4 Å². The minimum absolute atomic E-state index is 0.113. The van der Waals surface area contributed by atoms with Gasteiger partial charge < -0.3 is 9.47 Å². The molecule has 1 fully saturated rings. The van der Waals surface area contributed by atoms with Gasteiger partial charge >= 0.3 is 0 Å². The van der Waals surface area contributed by atoms with E-state index in [9.17, 15) is 13.6 Å². The molecule has 0 N–H and O–H groups in total.